The fourth-order valence-corrected chi connectivity index (χ4v) is 6.61. The van der Waals surface area contributed by atoms with Gasteiger partial charge in [0.2, 0.25) is 5.91 Å². The van der Waals surface area contributed by atoms with Gasteiger partial charge in [0.15, 0.2) is 15.0 Å². The summed E-state index contributed by atoms with van der Waals surface area (Å²) in [7, 11) is -3.24. The number of nitrogens with one attached hydrogen (secondary N) is 2. The molecule has 0 aliphatic carbocycles. The van der Waals surface area contributed by atoms with E-state index in [1.165, 1.54) is 30.1 Å². The minimum absolute atomic E-state index is 0.120. The topological polar surface area (TPSA) is 88.2 Å². The second kappa shape index (κ2) is 11.6. The number of thiazole rings is 1. The molecule has 0 fully saturated rings. The molecular weight excluding hydrogens is 514 g/mol. The van der Waals surface area contributed by atoms with E-state index < -0.39 is 9.84 Å². The molecule has 8 heteroatoms. The molecule has 1 amide bonds. The van der Waals surface area contributed by atoms with E-state index in [1.807, 2.05) is 12.1 Å². The lowest BCUT2D eigenvalue weighted by molar-refractivity contribution is -0.114. The van der Waals surface area contributed by atoms with Crippen LogP contribution >= 0.6 is 11.3 Å². The van der Waals surface area contributed by atoms with E-state index in [2.05, 4.69) is 76.4 Å². The van der Waals surface area contributed by atoms with Crippen molar-refractivity contribution in [2.24, 2.45) is 10.8 Å². The van der Waals surface area contributed by atoms with Gasteiger partial charge in [0.25, 0.3) is 0 Å². The molecule has 0 aliphatic rings. The maximum absolute atomic E-state index is 11.8. The second-order valence-electron chi connectivity index (χ2n) is 12.2. The number of sulfone groups is 1. The van der Waals surface area contributed by atoms with E-state index >= 15 is 0 Å². The first kappa shape index (κ1) is 29.8. The molecule has 3 rings (SSSR count). The van der Waals surface area contributed by atoms with Crippen molar-refractivity contribution < 1.29 is 13.2 Å². The molecule has 1 aromatic heterocycles. The summed E-state index contributed by atoms with van der Waals surface area (Å²) in [5.74, 6) is -0.152. The van der Waals surface area contributed by atoms with Gasteiger partial charge in [0, 0.05) is 36.2 Å². The van der Waals surface area contributed by atoms with Crippen LogP contribution in [0.15, 0.2) is 53.4 Å². The predicted octanol–water partition coefficient (Wildman–Crippen LogP) is 6.75. The van der Waals surface area contributed by atoms with Crippen molar-refractivity contribution in [1.82, 2.24) is 4.98 Å². The largest absolute Gasteiger partial charge is 0.381 e. The smallest absolute Gasteiger partial charge is 0.223 e. The molecule has 2 aromatic carbocycles. The van der Waals surface area contributed by atoms with Crippen LogP contribution in [0.4, 0.5) is 10.8 Å². The summed E-state index contributed by atoms with van der Waals surface area (Å²) in [6.45, 7) is 15.1. The Hall–Kier alpha value is -2.71. The molecule has 0 unspecified atom stereocenters. The Balaban J connectivity index is 1.74. The van der Waals surface area contributed by atoms with Gasteiger partial charge in [-0.05, 0) is 59.1 Å². The molecule has 38 heavy (non-hydrogen) atoms. The van der Waals surface area contributed by atoms with Crippen LogP contribution in [0.1, 0.15) is 70.2 Å². The Morgan fingerprint density at radius 3 is 1.95 bits per heavy atom. The third kappa shape index (κ3) is 8.40. The first-order chi connectivity index (χ1) is 17.5. The maximum Gasteiger partial charge on any atom is 0.223 e. The van der Waals surface area contributed by atoms with Gasteiger partial charge in [0.1, 0.15) is 0 Å². The van der Waals surface area contributed by atoms with Gasteiger partial charge in [-0.25, -0.2) is 13.4 Å². The van der Waals surface area contributed by atoms with Crippen molar-refractivity contribution in [3.63, 3.8) is 0 Å². The molecule has 2 N–H and O–H groups in total. The number of carbonyl (C=O) groups excluding carboxylic acids is 1. The van der Waals surface area contributed by atoms with Crippen molar-refractivity contribution >= 4 is 37.9 Å². The lowest BCUT2D eigenvalue weighted by atomic mass is 9.72. The number of carbonyl (C=O) groups is 1. The third-order valence-corrected chi connectivity index (χ3v) is 8.57. The number of hydrogen-bond acceptors (Lipinski definition) is 6. The number of anilines is 2. The molecular formula is C30H41N3O3S2. The van der Waals surface area contributed by atoms with Crippen molar-refractivity contribution in [3.05, 3.63) is 70.2 Å². The average Bonchev–Trinajstić information content (AvgIpc) is 3.15. The zero-order valence-corrected chi connectivity index (χ0v) is 25.4. The van der Waals surface area contributed by atoms with Crippen molar-refractivity contribution in [2.45, 2.75) is 78.7 Å². The fraction of sp³-hybridized carbons (Fsp3) is 0.467. The summed E-state index contributed by atoms with van der Waals surface area (Å²) in [5, 5.41) is 7.14. The standard InChI is InChI=1S/C30H41N3O3S2/c1-20(34)31-28-33-25(26(37-28)19-22-11-16-24(17-12-22)38(8,35)36)18-13-21-9-14-23(15-10-21)32-27(29(2,3)4)30(5,6)7/h9-12,14-17,27,32H,13,18-19H2,1-8H3,(H,31,33,34). The highest BCUT2D eigenvalue weighted by atomic mass is 32.2. The first-order valence-electron chi connectivity index (χ1n) is 12.9. The van der Waals surface area contributed by atoms with Crippen molar-refractivity contribution in [1.29, 1.82) is 0 Å². The lowest BCUT2D eigenvalue weighted by Crippen LogP contribution is -2.44. The van der Waals surface area contributed by atoms with Gasteiger partial charge in [-0.3, -0.25) is 4.79 Å². The quantitative estimate of drug-likeness (QED) is 0.305. The summed E-state index contributed by atoms with van der Waals surface area (Å²) < 4.78 is 23.6. The van der Waals surface area contributed by atoms with Gasteiger partial charge in [-0.15, -0.1) is 11.3 Å². The molecule has 0 spiro atoms. The Morgan fingerprint density at radius 2 is 1.45 bits per heavy atom. The van der Waals surface area contributed by atoms with Crippen molar-refractivity contribution in [2.75, 3.05) is 16.9 Å². The van der Waals surface area contributed by atoms with Crippen LogP contribution in [0.3, 0.4) is 0 Å². The van der Waals surface area contributed by atoms with E-state index in [9.17, 15) is 13.2 Å². The number of aromatic nitrogens is 1. The second-order valence-corrected chi connectivity index (χ2v) is 15.3. The van der Waals surface area contributed by atoms with Gasteiger partial charge < -0.3 is 10.6 Å². The van der Waals surface area contributed by atoms with Gasteiger partial charge in [-0.1, -0.05) is 65.8 Å². The SMILES string of the molecule is CC(=O)Nc1nc(CCc2ccc(NC(C(C)(C)C)C(C)(C)C)cc2)c(Cc2ccc(S(C)(=O)=O)cc2)s1. The van der Waals surface area contributed by atoms with Gasteiger partial charge in [-0.2, -0.15) is 0 Å². The highest BCUT2D eigenvalue weighted by molar-refractivity contribution is 7.90. The van der Waals surface area contributed by atoms with Crippen LogP contribution in [0.2, 0.25) is 0 Å². The van der Waals surface area contributed by atoms with Crippen LogP contribution in [-0.4, -0.2) is 31.6 Å². The zero-order valence-electron chi connectivity index (χ0n) is 23.8. The molecule has 0 saturated heterocycles. The molecule has 0 radical (unpaired) electrons. The normalized spacial score (nSPS) is 12.6. The minimum atomic E-state index is -3.24. The van der Waals surface area contributed by atoms with Crippen molar-refractivity contribution in [3.8, 4) is 0 Å². The van der Waals surface area contributed by atoms with Crippen LogP contribution in [0.25, 0.3) is 0 Å². The Morgan fingerprint density at radius 1 is 0.895 bits per heavy atom. The molecule has 0 atom stereocenters. The molecule has 0 aliphatic heterocycles. The summed E-state index contributed by atoms with van der Waals surface area (Å²) >= 11 is 1.47. The van der Waals surface area contributed by atoms with E-state index in [0.29, 0.717) is 22.5 Å². The number of nitrogens with zero attached hydrogens (tertiary/aromatic N) is 1. The molecule has 0 saturated carbocycles. The first-order valence-corrected chi connectivity index (χ1v) is 15.6. The summed E-state index contributed by atoms with van der Waals surface area (Å²) in [6, 6.07) is 15.9. The number of amides is 1. The summed E-state index contributed by atoms with van der Waals surface area (Å²) in [5.41, 5.74) is 4.52. The van der Waals surface area contributed by atoms with E-state index in [-0.39, 0.29) is 16.7 Å². The fourth-order valence-electron chi connectivity index (χ4n) is 4.89. The third-order valence-electron chi connectivity index (χ3n) is 6.42. The van der Waals surface area contributed by atoms with Crippen LogP contribution in [0, 0.1) is 10.8 Å². The van der Waals surface area contributed by atoms with Crippen LogP contribution in [-0.2, 0) is 33.9 Å². The minimum Gasteiger partial charge on any atom is -0.381 e. The number of hydrogen-bond donors (Lipinski definition) is 2. The van der Waals surface area contributed by atoms with E-state index in [1.54, 1.807) is 12.1 Å². The highest BCUT2D eigenvalue weighted by Crippen LogP contribution is 2.36. The Bertz CT molecular complexity index is 1330. The predicted molar refractivity (Wildman–Crippen MR) is 159 cm³/mol. The van der Waals surface area contributed by atoms with Crippen LogP contribution < -0.4 is 10.6 Å². The number of rotatable bonds is 9. The summed E-state index contributed by atoms with van der Waals surface area (Å²) in [4.78, 5) is 17.7. The van der Waals surface area contributed by atoms with Gasteiger partial charge in [0.05, 0.1) is 10.6 Å². The summed E-state index contributed by atoms with van der Waals surface area (Å²) in [6.07, 6.45) is 3.40. The van der Waals surface area contributed by atoms with Crippen LogP contribution in [0.5, 0.6) is 0 Å². The maximum atomic E-state index is 11.8. The molecule has 3 aromatic rings. The highest BCUT2D eigenvalue weighted by Gasteiger charge is 2.34. The van der Waals surface area contributed by atoms with E-state index in [4.69, 9.17) is 4.98 Å². The zero-order chi connectivity index (χ0) is 28.3. The number of benzene rings is 2. The number of aryl methyl sites for hydroxylation is 2. The lowest BCUT2D eigenvalue weighted by Gasteiger charge is -2.42. The Kier molecular flexibility index (Phi) is 9.09. The molecule has 6 nitrogen and oxygen atoms in total. The monoisotopic (exact) mass is 555 g/mol. The van der Waals surface area contributed by atoms with E-state index in [0.717, 1.165) is 34.7 Å². The molecule has 0 bridgehead atoms. The Labute approximate surface area is 232 Å². The average molecular weight is 556 g/mol. The molecule has 206 valence electrons. The molecule has 1 heterocycles. The van der Waals surface area contributed by atoms with Gasteiger partial charge >= 0.3 is 0 Å².